The van der Waals surface area contributed by atoms with Gasteiger partial charge in [0.1, 0.15) is 0 Å². The Morgan fingerprint density at radius 1 is 0.439 bits per heavy atom. The van der Waals surface area contributed by atoms with Gasteiger partial charge < -0.3 is 0 Å². The van der Waals surface area contributed by atoms with Crippen LogP contribution in [-0.4, -0.2) is 23.5 Å². The summed E-state index contributed by atoms with van der Waals surface area (Å²) in [6.07, 6.45) is 41.7. The average molecular weight is 575 g/mol. The molecule has 0 spiro atoms. The second-order valence-corrected chi connectivity index (χ2v) is 14.9. The molecule has 0 bridgehead atoms. The summed E-state index contributed by atoms with van der Waals surface area (Å²) in [7, 11) is 0. The molecule has 0 fully saturated rings. The topological polar surface area (TPSA) is 24.7 Å². The summed E-state index contributed by atoms with van der Waals surface area (Å²) in [5.74, 6) is 0.793. The Hall–Kier alpha value is -0.660. The first-order chi connectivity index (χ1) is 19.7. The van der Waals surface area contributed by atoms with Gasteiger partial charge >= 0.3 is 0 Å². The molecule has 0 aromatic rings. The standard InChI is InChI=1S/C39H78N2/c1-8-10-12-14-16-17-18-19-20-21-22-23-24-26-28-32-37(33-29-31-34-40-38(3,4)5)36-39(6,7)41-35-30-27-25-15-13-11-9-2/h34-35,37H,8-33,36H2,1-7H3/b40-34+,41-35+. The lowest BCUT2D eigenvalue weighted by Gasteiger charge is -2.27. The minimum Gasteiger partial charge on any atom is -0.292 e. The third-order valence-corrected chi connectivity index (χ3v) is 8.56. The van der Waals surface area contributed by atoms with Gasteiger partial charge in [-0.05, 0) is 85.1 Å². The highest BCUT2D eigenvalue weighted by molar-refractivity contribution is 5.58. The summed E-state index contributed by atoms with van der Waals surface area (Å²) >= 11 is 0. The zero-order valence-electron chi connectivity index (χ0n) is 29.7. The molecular formula is C39H78N2. The van der Waals surface area contributed by atoms with E-state index in [4.69, 9.17) is 9.98 Å². The molecule has 0 radical (unpaired) electrons. The van der Waals surface area contributed by atoms with Gasteiger partial charge in [0.05, 0.1) is 11.1 Å². The molecule has 2 nitrogen and oxygen atoms in total. The summed E-state index contributed by atoms with van der Waals surface area (Å²) in [6.45, 7) is 15.9. The van der Waals surface area contributed by atoms with Gasteiger partial charge in [0.2, 0.25) is 0 Å². The van der Waals surface area contributed by atoms with Gasteiger partial charge in [0.15, 0.2) is 0 Å². The molecule has 0 amide bonds. The Bertz CT molecular complexity index is 583. The predicted molar refractivity (Wildman–Crippen MR) is 190 cm³/mol. The van der Waals surface area contributed by atoms with Crippen LogP contribution in [0.1, 0.15) is 222 Å². The van der Waals surface area contributed by atoms with Crippen molar-refractivity contribution >= 4 is 12.4 Å². The fourth-order valence-corrected chi connectivity index (χ4v) is 6.08. The van der Waals surface area contributed by atoms with Crippen LogP contribution in [0.15, 0.2) is 9.98 Å². The summed E-state index contributed by atoms with van der Waals surface area (Å²) in [5, 5.41) is 0. The van der Waals surface area contributed by atoms with Crippen LogP contribution in [0.25, 0.3) is 0 Å². The van der Waals surface area contributed by atoms with Crippen LogP contribution in [-0.2, 0) is 0 Å². The van der Waals surface area contributed by atoms with Gasteiger partial charge in [-0.2, -0.15) is 0 Å². The van der Waals surface area contributed by atoms with Crippen molar-refractivity contribution in [2.45, 2.75) is 233 Å². The molecule has 0 aliphatic heterocycles. The van der Waals surface area contributed by atoms with E-state index in [0.29, 0.717) is 0 Å². The van der Waals surface area contributed by atoms with Crippen molar-refractivity contribution in [2.24, 2.45) is 15.9 Å². The Morgan fingerprint density at radius 2 is 0.805 bits per heavy atom. The average Bonchev–Trinajstić information content (AvgIpc) is 2.91. The molecule has 0 N–H and O–H groups in total. The molecule has 2 heteroatoms. The largest absolute Gasteiger partial charge is 0.292 e. The number of nitrogens with zero attached hydrogens (tertiary/aromatic N) is 2. The van der Waals surface area contributed by atoms with Gasteiger partial charge in [-0.25, -0.2) is 0 Å². The smallest absolute Gasteiger partial charge is 0.0550 e. The van der Waals surface area contributed by atoms with Crippen LogP contribution in [0.2, 0.25) is 0 Å². The van der Waals surface area contributed by atoms with Crippen LogP contribution >= 0.6 is 0 Å². The lowest BCUT2D eigenvalue weighted by Crippen LogP contribution is -2.22. The molecule has 244 valence electrons. The highest BCUT2D eigenvalue weighted by Crippen LogP contribution is 2.29. The second kappa shape index (κ2) is 28.1. The first kappa shape index (κ1) is 40.3. The molecule has 0 rings (SSSR count). The van der Waals surface area contributed by atoms with Crippen LogP contribution in [0.3, 0.4) is 0 Å². The highest BCUT2D eigenvalue weighted by Gasteiger charge is 2.21. The van der Waals surface area contributed by atoms with Gasteiger partial charge in [0, 0.05) is 0 Å². The van der Waals surface area contributed by atoms with E-state index in [1.54, 1.807) is 0 Å². The highest BCUT2D eigenvalue weighted by atomic mass is 14.8. The number of aliphatic imine (C=N–C) groups is 2. The Kier molecular flexibility index (Phi) is 27.7. The molecule has 0 saturated heterocycles. The molecule has 0 heterocycles. The van der Waals surface area contributed by atoms with Gasteiger partial charge in [-0.3, -0.25) is 9.98 Å². The molecule has 0 saturated carbocycles. The lowest BCUT2D eigenvalue weighted by atomic mass is 9.84. The summed E-state index contributed by atoms with van der Waals surface area (Å²) < 4.78 is 0. The lowest BCUT2D eigenvalue weighted by molar-refractivity contribution is 0.316. The van der Waals surface area contributed by atoms with E-state index >= 15 is 0 Å². The summed E-state index contributed by atoms with van der Waals surface area (Å²) in [6, 6.07) is 0. The number of hydrogen-bond acceptors (Lipinski definition) is 2. The van der Waals surface area contributed by atoms with Crippen molar-refractivity contribution in [1.82, 2.24) is 0 Å². The van der Waals surface area contributed by atoms with E-state index in [1.165, 1.54) is 161 Å². The number of hydrogen-bond donors (Lipinski definition) is 0. The maximum absolute atomic E-state index is 5.08. The Labute approximate surface area is 260 Å². The van der Waals surface area contributed by atoms with Crippen molar-refractivity contribution in [3.8, 4) is 0 Å². The first-order valence-corrected chi connectivity index (χ1v) is 18.8. The summed E-state index contributed by atoms with van der Waals surface area (Å²) in [4.78, 5) is 9.78. The third-order valence-electron chi connectivity index (χ3n) is 8.56. The van der Waals surface area contributed by atoms with E-state index in [1.807, 2.05) is 0 Å². The molecule has 0 aromatic heterocycles. The van der Waals surface area contributed by atoms with E-state index in [-0.39, 0.29) is 11.1 Å². The molecule has 0 aliphatic carbocycles. The monoisotopic (exact) mass is 575 g/mol. The molecular weight excluding hydrogens is 496 g/mol. The van der Waals surface area contributed by atoms with Crippen molar-refractivity contribution in [3.63, 3.8) is 0 Å². The van der Waals surface area contributed by atoms with Gasteiger partial charge in [-0.1, -0.05) is 155 Å². The fourth-order valence-electron chi connectivity index (χ4n) is 6.08. The predicted octanol–water partition coefficient (Wildman–Crippen LogP) is 13.9. The molecule has 1 unspecified atom stereocenters. The molecule has 41 heavy (non-hydrogen) atoms. The zero-order chi connectivity index (χ0) is 30.5. The van der Waals surface area contributed by atoms with Crippen LogP contribution in [0, 0.1) is 5.92 Å². The van der Waals surface area contributed by atoms with E-state index in [2.05, 4.69) is 60.9 Å². The Morgan fingerprint density at radius 3 is 1.27 bits per heavy atom. The number of rotatable bonds is 30. The van der Waals surface area contributed by atoms with Crippen molar-refractivity contribution in [1.29, 1.82) is 0 Å². The van der Waals surface area contributed by atoms with Gasteiger partial charge in [-0.15, -0.1) is 0 Å². The molecule has 0 aliphatic rings. The van der Waals surface area contributed by atoms with E-state index in [0.717, 1.165) is 18.8 Å². The third kappa shape index (κ3) is 32.1. The van der Waals surface area contributed by atoms with Crippen molar-refractivity contribution in [3.05, 3.63) is 0 Å². The fraction of sp³-hybridized carbons (Fsp3) is 0.949. The quantitative estimate of drug-likeness (QED) is 0.0602. The second-order valence-electron chi connectivity index (χ2n) is 14.9. The van der Waals surface area contributed by atoms with Crippen LogP contribution in [0.5, 0.6) is 0 Å². The summed E-state index contributed by atoms with van der Waals surface area (Å²) in [5.41, 5.74) is 0.127. The first-order valence-electron chi connectivity index (χ1n) is 18.8. The zero-order valence-corrected chi connectivity index (χ0v) is 29.7. The molecule has 1 atom stereocenters. The molecule has 0 aromatic carbocycles. The minimum absolute atomic E-state index is 0.0555. The normalized spacial score (nSPS) is 13.6. The maximum Gasteiger partial charge on any atom is 0.0550 e. The number of unbranched alkanes of at least 4 members (excludes halogenated alkanes) is 21. The maximum atomic E-state index is 5.08. The van der Waals surface area contributed by atoms with Gasteiger partial charge in [0.25, 0.3) is 0 Å². The van der Waals surface area contributed by atoms with E-state index < -0.39 is 0 Å². The Balaban J connectivity index is 4.23. The van der Waals surface area contributed by atoms with Crippen molar-refractivity contribution in [2.75, 3.05) is 0 Å². The van der Waals surface area contributed by atoms with E-state index in [9.17, 15) is 0 Å². The van der Waals surface area contributed by atoms with Crippen molar-refractivity contribution < 1.29 is 0 Å². The van der Waals surface area contributed by atoms with Crippen LogP contribution < -0.4 is 0 Å². The minimum atomic E-state index is 0.0555. The SMILES string of the molecule is CCCCCCCC/C=N/C(C)(C)CC(CCC/C=N/C(C)(C)C)CCCCCCCCCCCCCCCCC. The van der Waals surface area contributed by atoms with Crippen LogP contribution in [0.4, 0.5) is 0 Å².